The van der Waals surface area contributed by atoms with Gasteiger partial charge in [-0.25, -0.2) is 9.59 Å². The quantitative estimate of drug-likeness (QED) is 0.437. The number of carbonyl (C=O) groups excluding carboxylic acids is 1. The van der Waals surface area contributed by atoms with Crippen molar-refractivity contribution in [2.75, 3.05) is 5.32 Å². The van der Waals surface area contributed by atoms with Gasteiger partial charge in [0.15, 0.2) is 0 Å². The summed E-state index contributed by atoms with van der Waals surface area (Å²) in [4.78, 5) is 35.7. The molecular weight excluding hydrogens is 433 g/mol. The van der Waals surface area contributed by atoms with Gasteiger partial charge in [-0.15, -0.1) is 0 Å². The van der Waals surface area contributed by atoms with Gasteiger partial charge in [-0.1, -0.05) is 35.3 Å². The van der Waals surface area contributed by atoms with Crippen LogP contribution in [0.3, 0.4) is 0 Å². The van der Waals surface area contributed by atoms with Crippen molar-refractivity contribution in [3.63, 3.8) is 0 Å². The number of benzene rings is 3. The van der Waals surface area contributed by atoms with Crippen molar-refractivity contribution in [1.29, 1.82) is 0 Å². The number of hydrogen-bond acceptors (Lipinski definition) is 4. The van der Waals surface area contributed by atoms with E-state index in [9.17, 15) is 29.7 Å². The van der Waals surface area contributed by atoms with Crippen LogP contribution >= 0.6 is 23.2 Å². The lowest BCUT2D eigenvalue weighted by Crippen LogP contribution is -2.18. The van der Waals surface area contributed by atoms with Crippen LogP contribution in [0.4, 0.5) is 5.69 Å². The molecule has 0 aliphatic carbocycles. The zero-order chi connectivity index (χ0) is 22.0. The second-order valence-electron chi connectivity index (χ2n) is 6.18. The number of halogens is 2. The monoisotopic (exact) mass is 445 g/mol. The summed E-state index contributed by atoms with van der Waals surface area (Å²) in [7, 11) is 0. The van der Waals surface area contributed by atoms with Gasteiger partial charge in [0.25, 0.3) is 5.91 Å². The minimum atomic E-state index is -1.42. The molecule has 0 heterocycles. The normalized spacial score (nSPS) is 10.5. The van der Waals surface area contributed by atoms with E-state index in [1.807, 2.05) is 0 Å². The van der Waals surface area contributed by atoms with Crippen LogP contribution in [0.25, 0.3) is 11.1 Å². The lowest BCUT2D eigenvalue weighted by molar-refractivity contribution is 0.0683. The smallest absolute Gasteiger partial charge is 0.337 e. The van der Waals surface area contributed by atoms with Crippen LogP contribution in [-0.2, 0) is 0 Å². The summed E-state index contributed by atoms with van der Waals surface area (Å²) < 4.78 is 0. The van der Waals surface area contributed by atoms with Crippen molar-refractivity contribution in [3.05, 3.63) is 81.3 Å². The molecule has 152 valence electrons. The van der Waals surface area contributed by atoms with E-state index in [4.69, 9.17) is 23.2 Å². The maximum atomic E-state index is 12.7. The Balaban J connectivity index is 2.05. The first kappa shape index (κ1) is 21.2. The molecule has 0 atom stereocenters. The highest BCUT2D eigenvalue weighted by molar-refractivity contribution is 6.36. The van der Waals surface area contributed by atoms with Crippen molar-refractivity contribution in [2.24, 2.45) is 0 Å². The Morgan fingerprint density at radius 2 is 1.43 bits per heavy atom. The maximum Gasteiger partial charge on any atom is 0.337 e. The van der Waals surface area contributed by atoms with E-state index in [1.54, 1.807) is 12.1 Å². The van der Waals surface area contributed by atoms with Gasteiger partial charge in [0.2, 0.25) is 0 Å². The molecule has 0 saturated heterocycles. The highest BCUT2D eigenvalue weighted by atomic mass is 35.5. The van der Waals surface area contributed by atoms with E-state index >= 15 is 0 Å². The molecule has 3 rings (SSSR count). The van der Waals surface area contributed by atoms with E-state index in [2.05, 4.69) is 5.32 Å². The molecule has 3 aromatic carbocycles. The predicted molar refractivity (Wildman–Crippen MR) is 112 cm³/mol. The van der Waals surface area contributed by atoms with Crippen LogP contribution < -0.4 is 5.32 Å². The molecule has 0 aliphatic rings. The zero-order valence-corrected chi connectivity index (χ0v) is 16.5. The van der Waals surface area contributed by atoms with Crippen LogP contribution in [-0.4, -0.2) is 33.2 Å². The molecule has 0 bridgehead atoms. The Morgan fingerprint density at radius 1 is 0.767 bits per heavy atom. The fraction of sp³-hybridized carbons (Fsp3) is 0. The van der Waals surface area contributed by atoms with E-state index in [0.29, 0.717) is 21.2 Å². The second-order valence-corrected chi connectivity index (χ2v) is 7.02. The fourth-order valence-corrected chi connectivity index (χ4v) is 3.34. The first-order valence-electron chi connectivity index (χ1n) is 8.38. The number of carbonyl (C=O) groups is 3. The molecule has 0 aromatic heterocycles. The van der Waals surface area contributed by atoms with Crippen LogP contribution in [0.2, 0.25) is 10.0 Å². The largest absolute Gasteiger partial charge is 0.508 e. The number of phenolic OH excluding ortho intramolecular Hbond substituents is 1. The third-order valence-electron chi connectivity index (χ3n) is 4.22. The summed E-state index contributed by atoms with van der Waals surface area (Å²) in [5.41, 5.74) is 0.145. The van der Waals surface area contributed by atoms with Gasteiger partial charge in [-0.3, -0.25) is 4.79 Å². The van der Waals surface area contributed by atoms with Gasteiger partial charge in [0.1, 0.15) is 5.75 Å². The summed E-state index contributed by atoms with van der Waals surface area (Å²) in [5.74, 6) is -3.89. The lowest BCUT2D eigenvalue weighted by Gasteiger charge is -2.13. The van der Waals surface area contributed by atoms with Crippen molar-refractivity contribution in [1.82, 2.24) is 0 Å². The molecule has 1 amide bonds. The number of aromatic hydroxyl groups is 1. The summed E-state index contributed by atoms with van der Waals surface area (Å²) in [6.45, 7) is 0. The average Bonchev–Trinajstić information content (AvgIpc) is 2.67. The van der Waals surface area contributed by atoms with Gasteiger partial charge >= 0.3 is 11.9 Å². The molecule has 30 heavy (non-hydrogen) atoms. The number of nitrogens with one attached hydrogen (secondary N) is 1. The van der Waals surface area contributed by atoms with E-state index in [-0.39, 0.29) is 22.6 Å². The van der Waals surface area contributed by atoms with Crippen molar-refractivity contribution < 1.29 is 29.7 Å². The Kier molecular flexibility index (Phi) is 5.96. The Labute approximate surface area is 180 Å². The number of phenols is 1. The van der Waals surface area contributed by atoms with Crippen LogP contribution in [0.15, 0.2) is 54.6 Å². The second kappa shape index (κ2) is 8.44. The van der Waals surface area contributed by atoms with Crippen LogP contribution in [0.5, 0.6) is 5.75 Å². The van der Waals surface area contributed by atoms with Gasteiger partial charge in [-0.05, 0) is 48.0 Å². The number of hydrogen-bond donors (Lipinski definition) is 4. The third-order valence-corrected chi connectivity index (χ3v) is 4.77. The molecule has 4 N–H and O–H groups in total. The summed E-state index contributed by atoms with van der Waals surface area (Å²) in [5, 5.41) is 31.4. The molecule has 0 spiro atoms. The Bertz CT molecular complexity index is 1190. The topological polar surface area (TPSA) is 124 Å². The van der Waals surface area contributed by atoms with Gasteiger partial charge < -0.3 is 20.6 Å². The summed E-state index contributed by atoms with van der Waals surface area (Å²) in [6.07, 6.45) is 0. The molecule has 7 nitrogen and oxygen atoms in total. The minimum absolute atomic E-state index is 0.0552. The Morgan fingerprint density at radius 3 is 2.07 bits per heavy atom. The van der Waals surface area contributed by atoms with Crippen LogP contribution in [0, 0.1) is 0 Å². The van der Waals surface area contributed by atoms with Gasteiger partial charge in [0.05, 0.1) is 22.4 Å². The molecule has 0 saturated carbocycles. The van der Waals surface area contributed by atoms with Crippen molar-refractivity contribution in [3.8, 4) is 16.9 Å². The molecule has 0 aliphatic heterocycles. The zero-order valence-electron chi connectivity index (χ0n) is 15.0. The lowest BCUT2D eigenvalue weighted by atomic mass is 10.0. The van der Waals surface area contributed by atoms with Crippen molar-refractivity contribution in [2.45, 2.75) is 0 Å². The summed E-state index contributed by atoms with van der Waals surface area (Å²) in [6, 6.07) is 12.2. The first-order valence-corrected chi connectivity index (χ1v) is 9.13. The average molecular weight is 446 g/mol. The van der Waals surface area contributed by atoms with E-state index in [1.165, 1.54) is 24.3 Å². The standard InChI is InChI=1S/C21H13Cl2NO6/c22-11-2-5-13(17(23)8-11)10-1-4-15(20(27)28)18(7-10)24-19(26)14-6-3-12(25)9-16(14)21(29)30/h1-9,25H,(H,24,26)(H,27,28)(H,29,30). The minimum Gasteiger partial charge on any atom is -0.508 e. The molecular formula is C21H13Cl2NO6. The predicted octanol–water partition coefficient (Wildman–Crippen LogP) is 5.01. The third kappa shape index (κ3) is 4.37. The SMILES string of the molecule is O=C(O)c1ccc(-c2ccc(Cl)cc2Cl)cc1NC(=O)c1ccc(O)cc1C(=O)O. The molecule has 3 aromatic rings. The number of aromatic carboxylic acids is 2. The Hall–Kier alpha value is -3.55. The molecule has 0 fully saturated rings. The van der Waals surface area contributed by atoms with Crippen LogP contribution in [0.1, 0.15) is 31.1 Å². The summed E-state index contributed by atoms with van der Waals surface area (Å²) >= 11 is 12.1. The van der Waals surface area contributed by atoms with Gasteiger partial charge in [-0.2, -0.15) is 0 Å². The maximum absolute atomic E-state index is 12.7. The van der Waals surface area contributed by atoms with E-state index in [0.717, 1.165) is 18.2 Å². The first-order chi connectivity index (χ1) is 14.2. The number of rotatable bonds is 5. The number of carboxylic acids is 2. The van der Waals surface area contributed by atoms with E-state index < -0.39 is 23.4 Å². The fourth-order valence-electron chi connectivity index (χ4n) is 2.82. The number of anilines is 1. The molecule has 9 heteroatoms. The number of carboxylic acid groups (broad SMARTS) is 2. The van der Waals surface area contributed by atoms with Crippen molar-refractivity contribution >= 4 is 46.7 Å². The van der Waals surface area contributed by atoms with Gasteiger partial charge in [0, 0.05) is 15.6 Å². The highest BCUT2D eigenvalue weighted by Gasteiger charge is 2.20. The highest BCUT2D eigenvalue weighted by Crippen LogP contribution is 2.33. The number of amides is 1. The molecule has 0 radical (unpaired) electrons. The molecule has 0 unspecified atom stereocenters.